The highest BCUT2D eigenvalue weighted by Crippen LogP contribution is 2.19. The van der Waals surface area contributed by atoms with Gasteiger partial charge in [0.05, 0.1) is 22.3 Å². The molecule has 2 aromatic carbocycles. The van der Waals surface area contributed by atoms with Gasteiger partial charge in [-0.25, -0.2) is 13.2 Å². The number of hydrogen-bond donors (Lipinski definition) is 1. The van der Waals surface area contributed by atoms with E-state index in [1.54, 1.807) is 12.1 Å². The minimum absolute atomic E-state index is 0.0669. The third-order valence-corrected chi connectivity index (χ3v) is 6.17. The van der Waals surface area contributed by atoms with Crippen molar-refractivity contribution in [2.45, 2.75) is 38.1 Å². The summed E-state index contributed by atoms with van der Waals surface area (Å²) in [5.74, 6) is -1.42. The summed E-state index contributed by atoms with van der Waals surface area (Å²) in [6.45, 7) is 4.95. The van der Waals surface area contributed by atoms with Gasteiger partial charge in [0.2, 0.25) is 0 Å². The lowest BCUT2D eigenvalue weighted by Crippen LogP contribution is -2.32. The monoisotopic (exact) mass is 403 g/mol. The zero-order chi connectivity index (χ0) is 20.7. The first-order valence-electron chi connectivity index (χ1n) is 9.13. The lowest BCUT2D eigenvalue weighted by Gasteiger charge is -2.18. The van der Waals surface area contributed by atoms with Crippen LogP contribution in [0.3, 0.4) is 0 Å². The number of carbonyl (C=O) groups excluding carboxylic acids is 2. The highest BCUT2D eigenvalue weighted by Gasteiger charge is 2.22. The van der Waals surface area contributed by atoms with Crippen LogP contribution in [0.15, 0.2) is 53.4 Å². The molecule has 150 valence electrons. The topological polar surface area (TPSA) is 89.5 Å². The first-order valence-corrected chi connectivity index (χ1v) is 10.8. The third-order valence-electron chi connectivity index (χ3n) is 4.38. The molecule has 1 N–H and O–H groups in total. The highest BCUT2D eigenvalue weighted by molar-refractivity contribution is 7.91. The number of ether oxygens (including phenoxy) is 1. The number of hydrogen-bond acceptors (Lipinski definition) is 5. The first kappa shape index (κ1) is 21.6. The van der Waals surface area contributed by atoms with Crippen LogP contribution in [-0.2, 0) is 19.4 Å². The zero-order valence-electron chi connectivity index (χ0n) is 16.3. The maximum absolute atomic E-state index is 12.3. The Labute approximate surface area is 165 Å². The summed E-state index contributed by atoms with van der Waals surface area (Å²) in [5.41, 5.74) is 2.02. The molecular formula is C21H25NO5S. The summed E-state index contributed by atoms with van der Waals surface area (Å²) in [6, 6.07) is 13.5. The second-order valence-electron chi connectivity index (χ2n) is 6.41. The SMILES string of the molecule is CC[C@@H](NC(=O)COC(=O)c1ccccc1S(=O)(=O)CC)c1ccc(C)cc1. The molecule has 0 spiro atoms. The molecule has 0 aliphatic carbocycles. The van der Waals surface area contributed by atoms with Crippen molar-refractivity contribution in [1.82, 2.24) is 5.32 Å². The number of sulfone groups is 1. The van der Waals surface area contributed by atoms with Crippen LogP contribution in [0.5, 0.6) is 0 Å². The number of esters is 1. The van der Waals surface area contributed by atoms with E-state index in [9.17, 15) is 18.0 Å². The first-order chi connectivity index (χ1) is 13.3. The molecule has 0 saturated heterocycles. The average molecular weight is 404 g/mol. The van der Waals surface area contributed by atoms with E-state index < -0.39 is 28.3 Å². The molecule has 0 bridgehead atoms. The summed E-state index contributed by atoms with van der Waals surface area (Å²) in [5, 5.41) is 2.83. The minimum atomic E-state index is -3.58. The van der Waals surface area contributed by atoms with Crippen LogP contribution < -0.4 is 5.32 Å². The molecule has 2 rings (SSSR count). The van der Waals surface area contributed by atoms with Crippen molar-refractivity contribution >= 4 is 21.7 Å². The Kier molecular flexibility index (Phi) is 7.34. The third kappa shape index (κ3) is 5.42. The summed E-state index contributed by atoms with van der Waals surface area (Å²) in [6.07, 6.45) is 0.681. The number of amides is 1. The quantitative estimate of drug-likeness (QED) is 0.684. The minimum Gasteiger partial charge on any atom is -0.452 e. The van der Waals surface area contributed by atoms with Crippen molar-refractivity contribution in [3.05, 3.63) is 65.2 Å². The second-order valence-corrected chi connectivity index (χ2v) is 8.66. The van der Waals surface area contributed by atoms with E-state index in [4.69, 9.17) is 4.74 Å². The Bertz CT molecular complexity index is 936. The Balaban J connectivity index is 2.03. The normalized spacial score (nSPS) is 12.2. The predicted octanol–water partition coefficient (Wildman–Crippen LogP) is 3.21. The molecule has 0 aliphatic heterocycles. The van der Waals surface area contributed by atoms with Gasteiger partial charge in [-0.3, -0.25) is 4.79 Å². The van der Waals surface area contributed by atoms with Crippen molar-refractivity contribution in [1.29, 1.82) is 0 Å². The highest BCUT2D eigenvalue weighted by atomic mass is 32.2. The standard InChI is InChI=1S/C21H25NO5S/c1-4-18(16-12-10-15(3)11-13-16)22-20(23)14-27-21(24)17-8-6-7-9-19(17)28(25,26)5-2/h6-13,18H,4-5,14H2,1-3H3,(H,22,23)/t18-/m1/s1. The number of nitrogens with one attached hydrogen (secondary N) is 1. The largest absolute Gasteiger partial charge is 0.452 e. The van der Waals surface area contributed by atoms with E-state index in [2.05, 4.69) is 5.32 Å². The van der Waals surface area contributed by atoms with Gasteiger partial charge in [-0.1, -0.05) is 55.8 Å². The summed E-state index contributed by atoms with van der Waals surface area (Å²) >= 11 is 0. The molecule has 7 heteroatoms. The van der Waals surface area contributed by atoms with Gasteiger partial charge in [0.15, 0.2) is 16.4 Å². The summed E-state index contributed by atoms with van der Waals surface area (Å²) in [7, 11) is -3.58. The summed E-state index contributed by atoms with van der Waals surface area (Å²) < 4.78 is 29.3. The fraction of sp³-hybridized carbons (Fsp3) is 0.333. The van der Waals surface area contributed by atoms with Crippen LogP contribution in [0, 0.1) is 6.92 Å². The number of rotatable bonds is 8. The zero-order valence-corrected chi connectivity index (χ0v) is 17.1. The van der Waals surface area contributed by atoms with Crippen LogP contribution in [0.1, 0.15) is 47.8 Å². The van der Waals surface area contributed by atoms with Crippen LogP contribution in [-0.4, -0.2) is 32.7 Å². The van der Waals surface area contributed by atoms with Crippen molar-refractivity contribution in [2.75, 3.05) is 12.4 Å². The lowest BCUT2D eigenvalue weighted by molar-refractivity contribution is -0.125. The molecule has 1 amide bonds. The molecule has 0 heterocycles. The van der Waals surface area contributed by atoms with Crippen LogP contribution in [0.25, 0.3) is 0 Å². The van der Waals surface area contributed by atoms with Gasteiger partial charge >= 0.3 is 5.97 Å². The molecule has 2 aromatic rings. The molecule has 0 radical (unpaired) electrons. The maximum Gasteiger partial charge on any atom is 0.339 e. The van der Waals surface area contributed by atoms with Crippen molar-refractivity contribution in [2.24, 2.45) is 0 Å². The van der Waals surface area contributed by atoms with E-state index in [0.29, 0.717) is 6.42 Å². The van der Waals surface area contributed by atoms with Crippen molar-refractivity contribution in [3.8, 4) is 0 Å². The fourth-order valence-electron chi connectivity index (χ4n) is 2.73. The molecule has 0 fully saturated rings. The number of aryl methyl sites for hydroxylation is 1. The Morgan fingerprint density at radius 1 is 1.04 bits per heavy atom. The van der Waals surface area contributed by atoms with Gasteiger partial charge in [-0.15, -0.1) is 0 Å². The second kappa shape index (κ2) is 9.50. The van der Waals surface area contributed by atoms with E-state index in [-0.39, 0.29) is 22.3 Å². The molecule has 0 aromatic heterocycles. The van der Waals surface area contributed by atoms with E-state index in [1.165, 1.54) is 19.1 Å². The maximum atomic E-state index is 12.3. The number of carbonyl (C=O) groups is 2. The van der Waals surface area contributed by atoms with Crippen molar-refractivity contribution < 1.29 is 22.7 Å². The molecule has 0 aliphatic rings. The Morgan fingerprint density at radius 2 is 1.68 bits per heavy atom. The smallest absolute Gasteiger partial charge is 0.339 e. The van der Waals surface area contributed by atoms with Crippen LogP contribution >= 0.6 is 0 Å². The van der Waals surface area contributed by atoms with Gasteiger partial charge in [0, 0.05) is 0 Å². The van der Waals surface area contributed by atoms with E-state index in [1.807, 2.05) is 38.1 Å². The van der Waals surface area contributed by atoms with Gasteiger partial charge in [-0.05, 0) is 31.0 Å². The van der Waals surface area contributed by atoms with Gasteiger partial charge in [0.25, 0.3) is 5.91 Å². The number of benzene rings is 2. The molecule has 1 atom stereocenters. The molecule has 0 unspecified atom stereocenters. The lowest BCUT2D eigenvalue weighted by atomic mass is 10.0. The summed E-state index contributed by atoms with van der Waals surface area (Å²) in [4.78, 5) is 24.5. The van der Waals surface area contributed by atoms with E-state index in [0.717, 1.165) is 11.1 Å². The van der Waals surface area contributed by atoms with Crippen LogP contribution in [0.2, 0.25) is 0 Å². The predicted molar refractivity (Wildman–Crippen MR) is 107 cm³/mol. The van der Waals surface area contributed by atoms with E-state index >= 15 is 0 Å². The molecule has 6 nitrogen and oxygen atoms in total. The Hall–Kier alpha value is -2.67. The Morgan fingerprint density at radius 3 is 2.29 bits per heavy atom. The average Bonchev–Trinajstić information content (AvgIpc) is 2.71. The van der Waals surface area contributed by atoms with Crippen LogP contribution in [0.4, 0.5) is 0 Å². The molecular weight excluding hydrogens is 378 g/mol. The molecule has 28 heavy (non-hydrogen) atoms. The van der Waals surface area contributed by atoms with Gasteiger partial charge in [-0.2, -0.15) is 0 Å². The van der Waals surface area contributed by atoms with Crippen molar-refractivity contribution in [3.63, 3.8) is 0 Å². The fourth-order valence-corrected chi connectivity index (χ4v) is 3.81. The van der Waals surface area contributed by atoms with Gasteiger partial charge < -0.3 is 10.1 Å². The van der Waals surface area contributed by atoms with Gasteiger partial charge in [0.1, 0.15) is 0 Å². The molecule has 0 saturated carbocycles.